The number of benzene rings is 1. The number of rotatable bonds is 4. The number of anilines is 1. The lowest BCUT2D eigenvalue weighted by Gasteiger charge is -2.14. The summed E-state index contributed by atoms with van der Waals surface area (Å²) in [5, 5.41) is 11.6. The van der Waals surface area contributed by atoms with E-state index >= 15 is 0 Å². The van der Waals surface area contributed by atoms with Crippen LogP contribution in [0.3, 0.4) is 0 Å². The topological polar surface area (TPSA) is 70.9 Å². The van der Waals surface area contributed by atoms with Crippen molar-refractivity contribution in [2.24, 2.45) is 5.73 Å². The Labute approximate surface area is 123 Å². The van der Waals surface area contributed by atoms with Gasteiger partial charge in [0, 0.05) is 25.7 Å². The van der Waals surface area contributed by atoms with E-state index in [0.717, 1.165) is 5.82 Å². The first-order valence-corrected chi connectivity index (χ1v) is 5.82. The van der Waals surface area contributed by atoms with E-state index in [2.05, 4.69) is 5.10 Å². The van der Waals surface area contributed by atoms with E-state index in [1.165, 1.54) is 6.07 Å². The monoisotopic (exact) mass is 297 g/mol. The first kappa shape index (κ1) is 16.0. The normalized spacial score (nSPS) is 9.95. The average molecular weight is 298 g/mol. The Hall–Kier alpha value is -2.08. The van der Waals surface area contributed by atoms with Gasteiger partial charge in [-0.25, -0.2) is 9.07 Å². The summed E-state index contributed by atoms with van der Waals surface area (Å²) in [4.78, 5) is 1.85. The number of hydrogen-bond donors (Lipinski definition) is 2. The van der Waals surface area contributed by atoms with Crippen LogP contribution >= 0.6 is 12.4 Å². The molecule has 0 aliphatic rings. The maximum absolute atomic E-state index is 13.7. The minimum atomic E-state index is -0.271. The van der Waals surface area contributed by atoms with Crippen LogP contribution in [0.25, 0.3) is 0 Å². The van der Waals surface area contributed by atoms with Gasteiger partial charge in [0.25, 0.3) is 0 Å². The molecule has 0 unspecified atom stereocenters. The zero-order valence-electron chi connectivity index (χ0n) is 11.3. The standard InChI is InChI=1S/C13H16FN5.ClH/c1-18(2)12-7-11(13(15)16)17-19(12)8-9-5-3-4-6-10(9)14;/h3-7H,8H2,1-2H3,(H3,15,16);1H. The average Bonchev–Trinajstić information content (AvgIpc) is 2.76. The highest BCUT2D eigenvalue weighted by molar-refractivity contribution is 5.93. The van der Waals surface area contributed by atoms with Crippen molar-refractivity contribution in [1.29, 1.82) is 5.41 Å². The first-order valence-electron chi connectivity index (χ1n) is 5.82. The molecule has 1 heterocycles. The van der Waals surface area contributed by atoms with Gasteiger partial charge in [-0.1, -0.05) is 18.2 Å². The molecule has 0 saturated heterocycles. The van der Waals surface area contributed by atoms with Crippen LogP contribution in [0.1, 0.15) is 11.3 Å². The fraction of sp³-hybridized carbons (Fsp3) is 0.231. The van der Waals surface area contributed by atoms with Crippen molar-refractivity contribution in [1.82, 2.24) is 9.78 Å². The molecule has 2 rings (SSSR count). The summed E-state index contributed by atoms with van der Waals surface area (Å²) in [6, 6.07) is 8.27. The summed E-state index contributed by atoms with van der Waals surface area (Å²) in [6.07, 6.45) is 0. The van der Waals surface area contributed by atoms with Gasteiger partial charge in [0.05, 0.1) is 6.54 Å². The first-order chi connectivity index (χ1) is 8.99. The van der Waals surface area contributed by atoms with Gasteiger partial charge in [-0.15, -0.1) is 12.4 Å². The highest BCUT2D eigenvalue weighted by Crippen LogP contribution is 2.17. The number of hydrogen-bond acceptors (Lipinski definition) is 3. The molecule has 0 atom stereocenters. The van der Waals surface area contributed by atoms with E-state index in [9.17, 15) is 4.39 Å². The number of amidine groups is 1. The molecule has 1 aromatic carbocycles. The Morgan fingerprint density at radius 2 is 2.05 bits per heavy atom. The van der Waals surface area contributed by atoms with Crippen LogP contribution in [-0.2, 0) is 6.54 Å². The third-order valence-electron chi connectivity index (χ3n) is 2.77. The summed E-state index contributed by atoms with van der Waals surface area (Å²) < 4.78 is 15.3. The molecule has 0 saturated carbocycles. The molecule has 0 fully saturated rings. The fourth-order valence-electron chi connectivity index (χ4n) is 1.80. The number of nitrogens with two attached hydrogens (primary N) is 1. The second-order valence-corrected chi connectivity index (χ2v) is 4.44. The van der Waals surface area contributed by atoms with Crippen LogP contribution in [0.2, 0.25) is 0 Å². The lowest BCUT2D eigenvalue weighted by Crippen LogP contribution is -2.16. The van der Waals surface area contributed by atoms with Crippen LogP contribution < -0.4 is 10.6 Å². The molecule has 108 valence electrons. The molecule has 5 nitrogen and oxygen atoms in total. The minimum Gasteiger partial charge on any atom is -0.382 e. The zero-order chi connectivity index (χ0) is 14.0. The van der Waals surface area contributed by atoms with Crippen LogP contribution in [0, 0.1) is 11.2 Å². The van der Waals surface area contributed by atoms with E-state index in [-0.39, 0.29) is 24.1 Å². The number of nitrogens with zero attached hydrogens (tertiary/aromatic N) is 3. The molecule has 0 spiro atoms. The number of aromatic nitrogens is 2. The molecular weight excluding hydrogens is 281 g/mol. The SMILES string of the molecule is CN(C)c1cc(C(=N)N)nn1Cc1ccccc1F.Cl. The van der Waals surface area contributed by atoms with Crippen molar-refractivity contribution in [3.8, 4) is 0 Å². The molecule has 0 aliphatic heterocycles. The smallest absolute Gasteiger partial charge is 0.143 e. The van der Waals surface area contributed by atoms with Gasteiger partial charge in [0.15, 0.2) is 0 Å². The van der Waals surface area contributed by atoms with Crippen LogP contribution in [0.4, 0.5) is 10.2 Å². The van der Waals surface area contributed by atoms with Gasteiger partial charge >= 0.3 is 0 Å². The maximum atomic E-state index is 13.7. The Kier molecular flexibility index (Phi) is 5.10. The summed E-state index contributed by atoms with van der Waals surface area (Å²) >= 11 is 0. The minimum absolute atomic E-state index is 0. The van der Waals surface area contributed by atoms with Gasteiger partial charge in [0.1, 0.15) is 23.2 Å². The molecule has 20 heavy (non-hydrogen) atoms. The summed E-state index contributed by atoms with van der Waals surface area (Å²) in [6.45, 7) is 0.299. The largest absolute Gasteiger partial charge is 0.382 e. The maximum Gasteiger partial charge on any atom is 0.143 e. The van der Waals surface area contributed by atoms with Crippen LogP contribution in [0.15, 0.2) is 30.3 Å². The number of halogens is 2. The quantitative estimate of drug-likeness (QED) is 0.668. The van der Waals surface area contributed by atoms with Crippen molar-refractivity contribution < 1.29 is 4.39 Å². The van der Waals surface area contributed by atoms with Crippen molar-refractivity contribution in [3.63, 3.8) is 0 Å². The lowest BCUT2D eigenvalue weighted by atomic mass is 10.2. The number of nitrogen functional groups attached to an aromatic ring is 1. The van der Waals surface area contributed by atoms with Crippen LogP contribution in [0.5, 0.6) is 0 Å². The van der Waals surface area contributed by atoms with Crippen molar-refractivity contribution in [2.45, 2.75) is 6.54 Å². The second kappa shape index (κ2) is 6.38. The molecule has 0 amide bonds. The summed E-state index contributed by atoms with van der Waals surface area (Å²) in [7, 11) is 3.72. The molecule has 0 bridgehead atoms. The van der Waals surface area contributed by atoms with Gasteiger partial charge in [-0.3, -0.25) is 5.41 Å². The Morgan fingerprint density at radius 1 is 1.40 bits per heavy atom. The molecule has 0 radical (unpaired) electrons. The molecule has 3 N–H and O–H groups in total. The van der Waals surface area contributed by atoms with Gasteiger partial charge < -0.3 is 10.6 Å². The van der Waals surface area contributed by atoms with E-state index in [0.29, 0.717) is 17.8 Å². The molecule has 7 heteroatoms. The fourth-order valence-corrected chi connectivity index (χ4v) is 1.80. The predicted molar refractivity (Wildman–Crippen MR) is 80.3 cm³/mol. The van der Waals surface area contributed by atoms with E-state index in [1.807, 2.05) is 19.0 Å². The van der Waals surface area contributed by atoms with Gasteiger partial charge in [-0.2, -0.15) is 5.10 Å². The highest BCUT2D eigenvalue weighted by atomic mass is 35.5. The highest BCUT2D eigenvalue weighted by Gasteiger charge is 2.13. The Bertz CT molecular complexity index is 609. The third kappa shape index (κ3) is 3.27. The van der Waals surface area contributed by atoms with E-state index in [4.69, 9.17) is 11.1 Å². The van der Waals surface area contributed by atoms with E-state index in [1.54, 1.807) is 28.9 Å². The number of nitrogens with one attached hydrogen (secondary N) is 1. The third-order valence-corrected chi connectivity index (χ3v) is 2.77. The summed E-state index contributed by atoms with van der Waals surface area (Å²) in [5.41, 5.74) is 6.37. The van der Waals surface area contributed by atoms with Gasteiger partial charge in [-0.05, 0) is 6.07 Å². The van der Waals surface area contributed by atoms with Crippen molar-refractivity contribution >= 4 is 24.1 Å². The second-order valence-electron chi connectivity index (χ2n) is 4.44. The Morgan fingerprint density at radius 3 is 2.60 bits per heavy atom. The summed E-state index contributed by atoms with van der Waals surface area (Å²) in [5.74, 6) is 0.399. The Balaban J connectivity index is 0.00000200. The molecule has 2 aromatic rings. The van der Waals surface area contributed by atoms with Crippen molar-refractivity contribution in [2.75, 3.05) is 19.0 Å². The van der Waals surface area contributed by atoms with Crippen molar-refractivity contribution in [3.05, 3.63) is 47.4 Å². The molecule has 0 aliphatic carbocycles. The lowest BCUT2D eigenvalue weighted by molar-refractivity contribution is 0.584. The predicted octanol–water partition coefficient (Wildman–Crippen LogP) is 1.84. The van der Waals surface area contributed by atoms with Crippen LogP contribution in [-0.4, -0.2) is 29.7 Å². The van der Waals surface area contributed by atoms with Gasteiger partial charge in [0.2, 0.25) is 0 Å². The zero-order valence-corrected chi connectivity index (χ0v) is 12.1. The molecule has 1 aromatic heterocycles. The molecular formula is C13H17ClFN5. The van der Waals surface area contributed by atoms with E-state index < -0.39 is 0 Å².